The zero-order valence-corrected chi connectivity index (χ0v) is 15.4. The molecule has 2 heterocycles. The van der Waals surface area contributed by atoms with Gasteiger partial charge < -0.3 is 15.2 Å². The fraction of sp³-hybridized carbons (Fsp3) is 0.450. The monoisotopic (exact) mass is 368 g/mol. The molecule has 1 aliphatic carbocycles. The van der Waals surface area contributed by atoms with Gasteiger partial charge in [-0.15, -0.1) is 0 Å². The highest BCUT2D eigenvalue weighted by molar-refractivity contribution is 6.09. The Morgan fingerprint density at radius 2 is 2.04 bits per heavy atom. The van der Waals surface area contributed by atoms with E-state index >= 15 is 0 Å². The summed E-state index contributed by atoms with van der Waals surface area (Å²) in [5.74, 6) is -0.404. The second-order valence-electron chi connectivity index (χ2n) is 7.57. The van der Waals surface area contributed by atoms with Crippen molar-refractivity contribution in [3.8, 4) is 0 Å². The summed E-state index contributed by atoms with van der Waals surface area (Å²) in [6, 6.07) is 9.76. The summed E-state index contributed by atoms with van der Waals surface area (Å²) in [5, 5.41) is 6.75. The average Bonchev–Trinajstić information content (AvgIpc) is 3.40. The molecule has 0 bridgehead atoms. The smallest absolute Gasteiger partial charge is 0.325 e. The Kier molecular flexibility index (Phi) is 4.37. The molecule has 1 aromatic heterocycles. The Labute approximate surface area is 157 Å². The number of amides is 4. The van der Waals surface area contributed by atoms with Crippen molar-refractivity contribution in [3.63, 3.8) is 0 Å². The minimum absolute atomic E-state index is 0.193. The van der Waals surface area contributed by atoms with E-state index in [1.54, 1.807) is 6.92 Å². The van der Waals surface area contributed by atoms with Crippen molar-refractivity contribution < 1.29 is 14.4 Å². The molecule has 4 amide bonds. The summed E-state index contributed by atoms with van der Waals surface area (Å²) in [4.78, 5) is 37.8. The predicted octanol–water partition coefficient (Wildman–Crippen LogP) is 1.87. The summed E-state index contributed by atoms with van der Waals surface area (Å²) in [6.07, 6.45) is 4.69. The molecule has 142 valence electrons. The first-order valence-electron chi connectivity index (χ1n) is 9.44. The van der Waals surface area contributed by atoms with Gasteiger partial charge in [0.15, 0.2) is 0 Å². The second-order valence-corrected chi connectivity index (χ2v) is 7.57. The predicted molar refractivity (Wildman–Crippen MR) is 101 cm³/mol. The standard InChI is InChI=1S/C20H24N4O3/c1-20(15-7-8-15)18(26)24(19(27)22-20)13-17(25)21-10-4-11-23-12-9-14-5-2-3-6-16(14)23/h2-3,5-6,9,12,15H,4,7-8,10-11,13H2,1H3,(H,21,25)(H,22,27). The summed E-state index contributed by atoms with van der Waals surface area (Å²) < 4.78 is 2.15. The molecule has 27 heavy (non-hydrogen) atoms. The molecule has 2 fully saturated rings. The Morgan fingerprint density at radius 3 is 2.81 bits per heavy atom. The number of imide groups is 1. The maximum atomic E-state index is 12.5. The third kappa shape index (κ3) is 3.29. The highest BCUT2D eigenvalue weighted by Gasteiger charge is 2.56. The molecule has 2 aliphatic rings. The number of nitrogens with zero attached hydrogens (tertiary/aromatic N) is 2. The van der Waals surface area contributed by atoms with Crippen molar-refractivity contribution in [2.75, 3.05) is 13.1 Å². The first-order chi connectivity index (χ1) is 13.0. The number of rotatable bonds is 7. The van der Waals surface area contributed by atoms with Crippen LogP contribution in [0.1, 0.15) is 26.2 Å². The van der Waals surface area contributed by atoms with E-state index in [1.807, 2.05) is 18.3 Å². The molecule has 2 N–H and O–H groups in total. The quantitative estimate of drug-likeness (QED) is 0.578. The van der Waals surface area contributed by atoms with Crippen LogP contribution in [-0.2, 0) is 16.1 Å². The largest absolute Gasteiger partial charge is 0.354 e. The Hall–Kier alpha value is -2.83. The molecule has 1 atom stereocenters. The number of urea groups is 1. The van der Waals surface area contributed by atoms with Crippen molar-refractivity contribution in [2.24, 2.45) is 5.92 Å². The van der Waals surface area contributed by atoms with Crippen LogP contribution in [0.25, 0.3) is 10.9 Å². The minimum atomic E-state index is -0.840. The van der Waals surface area contributed by atoms with E-state index in [2.05, 4.69) is 33.4 Å². The van der Waals surface area contributed by atoms with Crippen molar-refractivity contribution in [3.05, 3.63) is 36.5 Å². The minimum Gasteiger partial charge on any atom is -0.354 e. The fourth-order valence-corrected chi connectivity index (χ4v) is 3.81. The number of aryl methyl sites for hydroxylation is 1. The lowest BCUT2D eigenvalue weighted by molar-refractivity contribution is -0.135. The molecule has 1 aromatic carbocycles. The van der Waals surface area contributed by atoms with Crippen molar-refractivity contribution in [1.82, 2.24) is 20.1 Å². The average molecular weight is 368 g/mol. The summed E-state index contributed by atoms with van der Waals surface area (Å²) in [5.41, 5.74) is 0.329. The molecule has 0 spiro atoms. The van der Waals surface area contributed by atoms with E-state index in [9.17, 15) is 14.4 Å². The first kappa shape index (κ1) is 17.6. The lowest BCUT2D eigenvalue weighted by atomic mass is 9.96. The van der Waals surface area contributed by atoms with E-state index in [0.717, 1.165) is 30.7 Å². The second kappa shape index (κ2) is 6.72. The van der Waals surface area contributed by atoms with Crippen LogP contribution in [0, 0.1) is 5.92 Å². The number of fused-ring (bicyclic) bond motifs is 1. The highest BCUT2D eigenvalue weighted by atomic mass is 16.2. The van der Waals surface area contributed by atoms with Gasteiger partial charge in [-0.05, 0) is 49.6 Å². The van der Waals surface area contributed by atoms with Gasteiger partial charge in [0.05, 0.1) is 0 Å². The molecule has 2 aromatic rings. The molecule has 1 saturated heterocycles. The number of nitrogens with one attached hydrogen (secondary N) is 2. The summed E-state index contributed by atoms with van der Waals surface area (Å²) >= 11 is 0. The number of para-hydroxylation sites is 1. The fourth-order valence-electron chi connectivity index (χ4n) is 3.81. The number of hydrogen-bond acceptors (Lipinski definition) is 3. The molecule has 7 heteroatoms. The van der Waals surface area contributed by atoms with E-state index < -0.39 is 11.6 Å². The van der Waals surface area contributed by atoms with Gasteiger partial charge in [-0.3, -0.25) is 14.5 Å². The number of aromatic nitrogens is 1. The number of hydrogen-bond donors (Lipinski definition) is 2. The molecule has 4 rings (SSSR count). The van der Waals surface area contributed by atoms with E-state index in [-0.39, 0.29) is 24.3 Å². The van der Waals surface area contributed by atoms with E-state index in [0.29, 0.717) is 6.54 Å². The molecule has 1 aliphatic heterocycles. The van der Waals surface area contributed by atoms with Crippen LogP contribution in [0.4, 0.5) is 4.79 Å². The number of benzene rings is 1. The number of carbonyl (C=O) groups excluding carboxylic acids is 3. The van der Waals surface area contributed by atoms with Gasteiger partial charge in [-0.1, -0.05) is 18.2 Å². The van der Waals surface area contributed by atoms with Crippen LogP contribution in [0.3, 0.4) is 0 Å². The normalized spacial score (nSPS) is 22.3. The topological polar surface area (TPSA) is 83.4 Å². The van der Waals surface area contributed by atoms with Crippen LogP contribution < -0.4 is 10.6 Å². The third-order valence-electron chi connectivity index (χ3n) is 5.57. The van der Waals surface area contributed by atoms with E-state index in [4.69, 9.17) is 0 Å². The van der Waals surface area contributed by atoms with Crippen molar-refractivity contribution in [1.29, 1.82) is 0 Å². The van der Waals surface area contributed by atoms with Gasteiger partial charge in [0.25, 0.3) is 5.91 Å². The molecular formula is C20H24N4O3. The van der Waals surface area contributed by atoms with Crippen LogP contribution in [0.2, 0.25) is 0 Å². The Balaban J connectivity index is 1.25. The van der Waals surface area contributed by atoms with E-state index in [1.165, 1.54) is 10.9 Å². The lowest BCUT2D eigenvalue weighted by Crippen LogP contribution is -2.47. The first-order valence-corrected chi connectivity index (χ1v) is 9.44. The summed E-state index contributed by atoms with van der Waals surface area (Å²) in [7, 11) is 0. The van der Waals surface area contributed by atoms with Crippen LogP contribution >= 0.6 is 0 Å². The molecule has 1 unspecified atom stereocenters. The van der Waals surface area contributed by atoms with Gasteiger partial charge in [0, 0.05) is 24.8 Å². The van der Waals surface area contributed by atoms with Gasteiger partial charge in [-0.2, -0.15) is 0 Å². The lowest BCUT2D eigenvalue weighted by Gasteiger charge is -2.20. The van der Waals surface area contributed by atoms with Gasteiger partial charge in [-0.25, -0.2) is 4.79 Å². The Morgan fingerprint density at radius 1 is 1.26 bits per heavy atom. The van der Waals surface area contributed by atoms with Crippen LogP contribution in [0.15, 0.2) is 36.5 Å². The molecule has 1 saturated carbocycles. The molecule has 7 nitrogen and oxygen atoms in total. The SMILES string of the molecule is CC1(C2CC2)NC(=O)N(CC(=O)NCCCn2ccc3ccccc32)C1=O. The zero-order valence-electron chi connectivity index (χ0n) is 15.4. The highest BCUT2D eigenvalue weighted by Crippen LogP contribution is 2.42. The van der Waals surface area contributed by atoms with Crippen molar-refractivity contribution >= 4 is 28.7 Å². The van der Waals surface area contributed by atoms with Crippen LogP contribution in [-0.4, -0.2) is 45.9 Å². The molecular weight excluding hydrogens is 344 g/mol. The summed E-state index contributed by atoms with van der Waals surface area (Å²) in [6.45, 7) is 2.81. The van der Waals surface area contributed by atoms with Crippen molar-refractivity contribution in [2.45, 2.75) is 38.3 Å². The van der Waals surface area contributed by atoms with Gasteiger partial charge in [0.1, 0.15) is 12.1 Å². The zero-order chi connectivity index (χ0) is 19.0. The number of carbonyl (C=O) groups is 3. The third-order valence-corrected chi connectivity index (χ3v) is 5.57. The Bertz CT molecular complexity index is 902. The van der Waals surface area contributed by atoms with Gasteiger partial charge in [0.2, 0.25) is 5.91 Å². The van der Waals surface area contributed by atoms with Gasteiger partial charge >= 0.3 is 6.03 Å². The van der Waals surface area contributed by atoms with Crippen LogP contribution in [0.5, 0.6) is 0 Å². The maximum absolute atomic E-state index is 12.5. The maximum Gasteiger partial charge on any atom is 0.325 e. The molecule has 0 radical (unpaired) electrons.